The third kappa shape index (κ3) is 5.97. The van der Waals surface area contributed by atoms with Gasteiger partial charge in [-0.25, -0.2) is 14.6 Å². The Morgan fingerprint density at radius 2 is 1.93 bits per heavy atom. The van der Waals surface area contributed by atoms with Crippen molar-refractivity contribution in [1.29, 1.82) is 0 Å². The molecule has 1 aromatic carbocycles. The Morgan fingerprint density at radius 1 is 1.21 bits per heavy atom. The van der Waals surface area contributed by atoms with Gasteiger partial charge in [-0.3, -0.25) is 0 Å². The van der Waals surface area contributed by atoms with Crippen LogP contribution >= 0.6 is 0 Å². The highest BCUT2D eigenvalue weighted by molar-refractivity contribution is 6.00. The second kappa shape index (κ2) is 10.3. The van der Waals surface area contributed by atoms with Crippen LogP contribution in [0, 0.1) is 5.92 Å². The van der Waals surface area contributed by atoms with E-state index in [2.05, 4.69) is 4.98 Å². The van der Waals surface area contributed by atoms with E-state index >= 15 is 0 Å². The molecule has 0 bridgehead atoms. The van der Waals surface area contributed by atoms with E-state index < -0.39 is 11.9 Å². The summed E-state index contributed by atoms with van der Waals surface area (Å²) in [7, 11) is 0. The van der Waals surface area contributed by atoms with E-state index in [-0.39, 0.29) is 30.1 Å². The third-order valence-corrected chi connectivity index (χ3v) is 4.14. The first-order valence-corrected chi connectivity index (χ1v) is 9.23. The Kier molecular flexibility index (Phi) is 7.80. The number of ether oxygens (including phenoxy) is 2. The van der Waals surface area contributed by atoms with Gasteiger partial charge < -0.3 is 19.1 Å². The Morgan fingerprint density at radius 3 is 2.46 bits per heavy atom. The lowest BCUT2D eigenvalue weighted by molar-refractivity contribution is -0.140. The molecule has 2 aromatic rings. The molecular weight excluding hydrogens is 360 g/mol. The monoisotopic (exact) mass is 386 g/mol. The van der Waals surface area contributed by atoms with Crippen LogP contribution in [0.3, 0.4) is 0 Å². The lowest BCUT2D eigenvalue weighted by Gasteiger charge is -2.15. The molecule has 0 saturated heterocycles. The van der Waals surface area contributed by atoms with E-state index in [0.717, 1.165) is 5.56 Å². The van der Waals surface area contributed by atoms with Crippen molar-refractivity contribution in [3.05, 3.63) is 59.7 Å². The van der Waals surface area contributed by atoms with Crippen molar-refractivity contribution < 1.29 is 24.2 Å². The van der Waals surface area contributed by atoms with Crippen molar-refractivity contribution in [2.45, 2.75) is 33.7 Å². The maximum absolute atomic E-state index is 12.3. The number of nitrogens with zero attached hydrogens (tertiary/aromatic N) is 2. The van der Waals surface area contributed by atoms with Crippen molar-refractivity contribution in [3.8, 4) is 5.75 Å². The summed E-state index contributed by atoms with van der Waals surface area (Å²) in [6.45, 7) is 6.58. The standard InChI is InChI=1S/C21H26N2O5/c1-4-27-21(26)18(19(15(2)3)20(24)25)13-16-5-7-17(8-6-16)28-12-11-23-10-9-22-14-23/h5-10,14-15H,4,11-13H2,1-3H3,(H,24,25). The Hall–Kier alpha value is -3.09. The normalized spacial score (nSPS) is 11.9. The number of rotatable bonds is 10. The molecule has 0 atom stereocenters. The molecule has 1 aromatic heterocycles. The van der Waals surface area contributed by atoms with Gasteiger partial charge in [0.2, 0.25) is 0 Å². The number of aliphatic carboxylic acids is 1. The van der Waals surface area contributed by atoms with Crippen LogP contribution in [-0.4, -0.2) is 39.8 Å². The molecule has 0 aliphatic heterocycles. The van der Waals surface area contributed by atoms with E-state index in [1.54, 1.807) is 33.3 Å². The SMILES string of the molecule is CCOC(=O)C(Cc1ccc(OCCn2ccnc2)cc1)=C(C(=O)O)C(C)C. The van der Waals surface area contributed by atoms with Crippen LogP contribution in [0.5, 0.6) is 5.75 Å². The number of aromatic nitrogens is 2. The van der Waals surface area contributed by atoms with E-state index in [4.69, 9.17) is 9.47 Å². The molecule has 0 unspecified atom stereocenters. The Bertz CT molecular complexity index is 808. The van der Waals surface area contributed by atoms with Crippen molar-refractivity contribution in [2.24, 2.45) is 5.92 Å². The molecular formula is C21H26N2O5. The number of carboxylic acids is 1. The quantitative estimate of drug-likeness (QED) is 0.498. The lowest BCUT2D eigenvalue weighted by Crippen LogP contribution is -2.19. The van der Waals surface area contributed by atoms with Gasteiger partial charge in [0, 0.05) is 18.8 Å². The van der Waals surface area contributed by atoms with E-state index in [1.165, 1.54) is 0 Å². The molecule has 0 aliphatic carbocycles. The van der Waals surface area contributed by atoms with Crippen LogP contribution in [0.15, 0.2) is 54.1 Å². The van der Waals surface area contributed by atoms with Crippen LogP contribution in [-0.2, 0) is 27.3 Å². The first-order chi connectivity index (χ1) is 13.4. The van der Waals surface area contributed by atoms with Gasteiger partial charge in [0.15, 0.2) is 0 Å². The highest BCUT2D eigenvalue weighted by Gasteiger charge is 2.24. The summed E-state index contributed by atoms with van der Waals surface area (Å²) in [5.74, 6) is -1.29. The third-order valence-electron chi connectivity index (χ3n) is 4.14. The number of esters is 1. The minimum atomic E-state index is -1.10. The van der Waals surface area contributed by atoms with Gasteiger partial charge in [-0.15, -0.1) is 0 Å². The average molecular weight is 386 g/mol. The molecule has 1 heterocycles. The summed E-state index contributed by atoms with van der Waals surface area (Å²) in [6.07, 6.45) is 5.49. The molecule has 0 fully saturated rings. The topological polar surface area (TPSA) is 90.7 Å². The fourth-order valence-corrected chi connectivity index (χ4v) is 2.82. The summed E-state index contributed by atoms with van der Waals surface area (Å²) in [6, 6.07) is 7.26. The molecule has 0 spiro atoms. The summed E-state index contributed by atoms with van der Waals surface area (Å²) >= 11 is 0. The van der Waals surface area contributed by atoms with E-state index in [1.807, 2.05) is 35.0 Å². The summed E-state index contributed by atoms with van der Waals surface area (Å²) in [4.78, 5) is 28.0. The molecule has 1 N–H and O–H groups in total. The maximum Gasteiger partial charge on any atom is 0.334 e. The predicted molar refractivity (Wildman–Crippen MR) is 104 cm³/mol. The van der Waals surface area contributed by atoms with Crippen molar-refractivity contribution in [2.75, 3.05) is 13.2 Å². The van der Waals surface area contributed by atoms with Gasteiger partial charge >= 0.3 is 11.9 Å². The predicted octanol–water partition coefficient (Wildman–Crippen LogP) is 3.10. The summed E-state index contributed by atoms with van der Waals surface area (Å²) in [5.41, 5.74) is 1.07. The fraction of sp³-hybridized carbons (Fsp3) is 0.381. The van der Waals surface area contributed by atoms with Crippen LogP contribution in [0.4, 0.5) is 0 Å². The van der Waals surface area contributed by atoms with Crippen molar-refractivity contribution in [1.82, 2.24) is 9.55 Å². The van der Waals surface area contributed by atoms with Gasteiger partial charge in [-0.05, 0) is 30.5 Å². The van der Waals surface area contributed by atoms with Crippen LogP contribution < -0.4 is 4.74 Å². The number of carboxylic acid groups (broad SMARTS) is 1. The minimum Gasteiger partial charge on any atom is -0.492 e. The zero-order chi connectivity index (χ0) is 20.5. The molecule has 0 radical (unpaired) electrons. The van der Waals surface area contributed by atoms with E-state index in [0.29, 0.717) is 18.9 Å². The largest absolute Gasteiger partial charge is 0.492 e. The highest BCUT2D eigenvalue weighted by atomic mass is 16.5. The molecule has 28 heavy (non-hydrogen) atoms. The zero-order valence-electron chi connectivity index (χ0n) is 16.4. The summed E-state index contributed by atoms with van der Waals surface area (Å²) in [5, 5.41) is 9.54. The number of benzene rings is 1. The van der Waals surface area contributed by atoms with Crippen LogP contribution in [0.1, 0.15) is 26.3 Å². The van der Waals surface area contributed by atoms with Crippen molar-refractivity contribution in [3.63, 3.8) is 0 Å². The lowest BCUT2D eigenvalue weighted by atomic mass is 9.93. The van der Waals surface area contributed by atoms with Crippen LogP contribution in [0.25, 0.3) is 0 Å². The summed E-state index contributed by atoms with van der Waals surface area (Å²) < 4.78 is 12.7. The second-order valence-electron chi connectivity index (χ2n) is 6.54. The zero-order valence-corrected chi connectivity index (χ0v) is 16.4. The molecule has 0 aliphatic rings. The van der Waals surface area contributed by atoms with Crippen molar-refractivity contribution >= 4 is 11.9 Å². The van der Waals surface area contributed by atoms with Gasteiger partial charge in [0.1, 0.15) is 12.4 Å². The molecule has 7 heteroatoms. The highest BCUT2D eigenvalue weighted by Crippen LogP contribution is 2.22. The number of hydrogen-bond donors (Lipinski definition) is 1. The van der Waals surface area contributed by atoms with Crippen LogP contribution in [0.2, 0.25) is 0 Å². The molecule has 7 nitrogen and oxygen atoms in total. The molecule has 0 amide bonds. The molecule has 0 saturated carbocycles. The fourth-order valence-electron chi connectivity index (χ4n) is 2.82. The number of imidazole rings is 1. The van der Waals surface area contributed by atoms with E-state index in [9.17, 15) is 14.7 Å². The van der Waals surface area contributed by atoms with Gasteiger partial charge in [-0.1, -0.05) is 26.0 Å². The first kappa shape index (κ1) is 21.2. The van der Waals surface area contributed by atoms with Gasteiger partial charge in [0.05, 0.1) is 30.6 Å². The number of hydrogen-bond acceptors (Lipinski definition) is 5. The Balaban J connectivity index is 2.10. The Labute approximate surface area is 164 Å². The second-order valence-corrected chi connectivity index (χ2v) is 6.54. The molecule has 150 valence electrons. The minimum absolute atomic E-state index is 0.0825. The first-order valence-electron chi connectivity index (χ1n) is 9.23. The molecule has 2 rings (SSSR count). The smallest absolute Gasteiger partial charge is 0.334 e. The van der Waals surface area contributed by atoms with Gasteiger partial charge in [0.25, 0.3) is 0 Å². The van der Waals surface area contributed by atoms with Gasteiger partial charge in [-0.2, -0.15) is 0 Å². The number of carbonyl (C=O) groups excluding carboxylic acids is 1. The number of carbonyl (C=O) groups is 2. The average Bonchev–Trinajstić information content (AvgIpc) is 3.15. The maximum atomic E-state index is 12.3.